The van der Waals surface area contributed by atoms with Crippen molar-refractivity contribution in [3.05, 3.63) is 35.4 Å². The highest BCUT2D eigenvalue weighted by Crippen LogP contribution is 2.23. The van der Waals surface area contributed by atoms with Crippen molar-refractivity contribution < 1.29 is 19.0 Å². The van der Waals surface area contributed by atoms with Gasteiger partial charge >= 0.3 is 0 Å². The van der Waals surface area contributed by atoms with Crippen molar-refractivity contribution in [1.29, 1.82) is 0 Å². The molecule has 0 fully saturated rings. The molecule has 2 unspecified atom stereocenters. The van der Waals surface area contributed by atoms with Crippen LogP contribution in [0.4, 0.5) is 8.78 Å². The van der Waals surface area contributed by atoms with E-state index in [1.165, 1.54) is 0 Å². The summed E-state index contributed by atoms with van der Waals surface area (Å²) in [4.78, 5) is 0. The van der Waals surface area contributed by atoms with Gasteiger partial charge in [0.15, 0.2) is 0 Å². The van der Waals surface area contributed by atoms with Crippen LogP contribution in [-0.4, -0.2) is 16.3 Å². The third kappa shape index (κ3) is 2.97. The lowest BCUT2D eigenvalue weighted by Gasteiger charge is -2.17. The van der Waals surface area contributed by atoms with Gasteiger partial charge in [0.2, 0.25) is 0 Å². The predicted octanol–water partition coefficient (Wildman–Crippen LogP) is 2.16. The Kier molecular flexibility index (Phi) is 4.17. The van der Waals surface area contributed by atoms with Gasteiger partial charge < -0.3 is 10.2 Å². The molecule has 15 heavy (non-hydrogen) atoms. The second-order valence-electron chi connectivity index (χ2n) is 3.47. The smallest absolute Gasteiger partial charge is 0.129 e. The lowest BCUT2D eigenvalue weighted by Crippen LogP contribution is -2.19. The summed E-state index contributed by atoms with van der Waals surface area (Å²) in [6.07, 6.45) is -1.43. The first-order valence-electron chi connectivity index (χ1n) is 4.87. The SMILES string of the molecule is CCCC(O)C(O)c1cc(F)ccc1F. The van der Waals surface area contributed by atoms with E-state index in [4.69, 9.17) is 0 Å². The Bertz CT molecular complexity index is 328. The van der Waals surface area contributed by atoms with Gasteiger partial charge in [0.05, 0.1) is 6.10 Å². The Morgan fingerprint density at radius 3 is 2.53 bits per heavy atom. The number of aliphatic hydroxyl groups excluding tert-OH is 2. The van der Waals surface area contributed by atoms with E-state index in [-0.39, 0.29) is 5.56 Å². The molecule has 0 saturated heterocycles. The maximum absolute atomic E-state index is 13.2. The molecule has 0 saturated carbocycles. The zero-order valence-corrected chi connectivity index (χ0v) is 8.45. The molecular weight excluding hydrogens is 202 g/mol. The molecule has 0 aliphatic heterocycles. The summed E-state index contributed by atoms with van der Waals surface area (Å²) in [6.45, 7) is 1.83. The van der Waals surface area contributed by atoms with Crippen molar-refractivity contribution in [3.63, 3.8) is 0 Å². The maximum atomic E-state index is 13.2. The Hall–Kier alpha value is -1.00. The molecule has 0 bridgehead atoms. The number of hydrogen-bond donors (Lipinski definition) is 2. The van der Waals surface area contributed by atoms with Crippen LogP contribution in [0.25, 0.3) is 0 Å². The first-order chi connectivity index (χ1) is 7.06. The first kappa shape index (κ1) is 12.1. The summed E-state index contributed by atoms with van der Waals surface area (Å²) in [5.41, 5.74) is -0.198. The van der Waals surface area contributed by atoms with Gasteiger partial charge in [-0.1, -0.05) is 13.3 Å². The molecular formula is C11H14F2O2. The summed E-state index contributed by atoms with van der Waals surface area (Å²) in [7, 11) is 0. The average molecular weight is 216 g/mol. The van der Waals surface area contributed by atoms with E-state index in [2.05, 4.69) is 0 Å². The Labute approximate surface area is 87.2 Å². The summed E-state index contributed by atoms with van der Waals surface area (Å²) in [5.74, 6) is -1.34. The number of rotatable bonds is 4. The third-order valence-corrected chi connectivity index (χ3v) is 2.23. The van der Waals surface area contributed by atoms with Crippen LogP contribution in [0.5, 0.6) is 0 Å². The Morgan fingerprint density at radius 1 is 1.27 bits per heavy atom. The monoisotopic (exact) mass is 216 g/mol. The summed E-state index contributed by atoms with van der Waals surface area (Å²) < 4.78 is 26.0. The number of hydrogen-bond acceptors (Lipinski definition) is 2. The van der Waals surface area contributed by atoms with Gasteiger partial charge in [0.25, 0.3) is 0 Å². The van der Waals surface area contributed by atoms with Gasteiger partial charge in [-0.15, -0.1) is 0 Å². The van der Waals surface area contributed by atoms with Gasteiger partial charge in [-0.3, -0.25) is 0 Å². The van der Waals surface area contributed by atoms with Gasteiger partial charge in [-0.25, -0.2) is 8.78 Å². The van der Waals surface area contributed by atoms with Gasteiger partial charge in [0.1, 0.15) is 17.7 Å². The molecule has 0 aliphatic rings. The van der Waals surface area contributed by atoms with E-state index in [0.29, 0.717) is 12.8 Å². The average Bonchev–Trinajstić information content (AvgIpc) is 2.21. The molecule has 0 aromatic heterocycles. The van der Waals surface area contributed by atoms with Crippen LogP contribution < -0.4 is 0 Å². The molecule has 4 heteroatoms. The molecule has 0 radical (unpaired) electrons. The van der Waals surface area contributed by atoms with Crippen LogP contribution >= 0.6 is 0 Å². The Morgan fingerprint density at radius 2 is 1.93 bits per heavy atom. The maximum Gasteiger partial charge on any atom is 0.129 e. The molecule has 2 N–H and O–H groups in total. The van der Waals surface area contributed by atoms with Crippen LogP contribution in [-0.2, 0) is 0 Å². The molecule has 84 valence electrons. The van der Waals surface area contributed by atoms with E-state index < -0.39 is 23.8 Å². The minimum Gasteiger partial charge on any atom is -0.390 e. The van der Waals surface area contributed by atoms with Gasteiger partial charge in [-0.05, 0) is 24.6 Å². The fraction of sp³-hybridized carbons (Fsp3) is 0.455. The molecule has 0 amide bonds. The van der Waals surface area contributed by atoms with Crippen LogP contribution in [0, 0.1) is 11.6 Å². The third-order valence-electron chi connectivity index (χ3n) is 2.23. The van der Waals surface area contributed by atoms with Crippen molar-refractivity contribution in [2.24, 2.45) is 0 Å². The lowest BCUT2D eigenvalue weighted by molar-refractivity contribution is 0.0109. The predicted molar refractivity (Wildman–Crippen MR) is 52.2 cm³/mol. The first-order valence-corrected chi connectivity index (χ1v) is 4.87. The Balaban J connectivity index is 2.89. The second-order valence-corrected chi connectivity index (χ2v) is 3.47. The van der Waals surface area contributed by atoms with Crippen LogP contribution in [0.15, 0.2) is 18.2 Å². The fourth-order valence-corrected chi connectivity index (χ4v) is 1.40. The minimum atomic E-state index is -1.37. The quantitative estimate of drug-likeness (QED) is 0.809. The van der Waals surface area contributed by atoms with E-state index in [1.807, 2.05) is 6.92 Å². The van der Waals surface area contributed by atoms with E-state index in [0.717, 1.165) is 18.2 Å². The van der Waals surface area contributed by atoms with Gasteiger partial charge in [-0.2, -0.15) is 0 Å². The highest BCUT2D eigenvalue weighted by molar-refractivity contribution is 5.21. The standard InChI is InChI=1S/C11H14F2O2/c1-2-3-10(14)11(15)8-6-7(12)4-5-9(8)13/h4-6,10-11,14-15H,2-3H2,1H3. The number of aliphatic hydroxyl groups is 2. The molecule has 2 nitrogen and oxygen atoms in total. The summed E-state index contributed by atoms with van der Waals surface area (Å²) in [5, 5.41) is 19.0. The largest absolute Gasteiger partial charge is 0.390 e. The summed E-state index contributed by atoms with van der Waals surface area (Å²) >= 11 is 0. The molecule has 2 atom stereocenters. The van der Waals surface area contributed by atoms with Crippen molar-refractivity contribution in [3.8, 4) is 0 Å². The molecule has 0 heterocycles. The van der Waals surface area contributed by atoms with E-state index in [9.17, 15) is 19.0 Å². The van der Waals surface area contributed by atoms with Gasteiger partial charge in [0, 0.05) is 5.56 Å². The van der Waals surface area contributed by atoms with E-state index in [1.54, 1.807) is 0 Å². The lowest BCUT2D eigenvalue weighted by atomic mass is 10.0. The zero-order valence-electron chi connectivity index (χ0n) is 8.45. The van der Waals surface area contributed by atoms with E-state index >= 15 is 0 Å². The molecule has 0 spiro atoms. The topological polar surface area (TPSA) is 40.5 Å². The fourth-order valence-electron chi connectivity index (χ4n) is 1.40. The second kappa shape index (κ2) is 5.19. The zero-order chi connectivity index (χ0) is 11.4. The highest BCUT2D eigenvalue weighted by Gasteiger charge is 2.21. The highest BCUT2D eigenvalue weighted by atomic mass is 19.1. The van der Waals surface area contributed by atoms with Crippen molar-refractivity contribution in [2.45, 2.75) is 32.0 Å². The number of halogens is 2. The molecule has 1 rings (SSSR count). The molecule has 1 aromatic rings. The minimum absolute atomic E-state index is 0.198. The van der Waals surface area contributed by atoms with Crippen LogP contribution in [0.3, 0.4) is 0 Å². The van der Waals surface area contributed by atoms with Crippen LogP contribution in [0.1, 0.15) is 31.4 Å². The van der Waals surface area contributed by atoms with Crippen molar-refractivity contribution in [1.82, 2.24) is 0 Å². The van der Waals surface area contributed by atoms with Crippen molar-refractivity contribution in [2.75, 3.05) is 0 Å². The normalized spacial score (nSPS) is 15.0. The van der Waals surface area contributed by atoms with Crippen LogP contribution in [0.2, 0.25) is 0 Å². The van der Waals surface area contributed by atoms with Crippen molar-refractivity contribution >= 4 is 0 Å². The summed E-state index contributed by atoms with van der Waals surface area (Å²) in [6, 6.07) is 2.81. The number of benzene rings is 1. The molecule has 1 aromatic carbocycles. The molecule has 0 aliphatic carbocycles.